The molecule has 0 aromatic heterocycles. The zero-order chi connectivity index (χ0) is 22.2. The lowest BCUT2D eigenvalue weighted by Crippen LogP contribution is -2.26. The molecule has 2 rings (SSSR count). The molecular weight excluding hydrogens is 648 g/mol. The summed E-state index contributed by atoms with van der Waals surface area (Å²) in [6, 6.07) is 17.9. The Morgan fingerprint density at radius 2 is 1.20 bits per heavy atom. The first-order valence-electron chi connectivity index (χ1n) is 8.43. The van der Waals surface area contributed by atoms with E-state index < -0.39 is 19.1 Å². The number of halogens is 4. The Bertz CT molecular complexity index is 871. The number of sulfonamides is 1. The molecule has 12 heteroatoms. The monoisotopic (exact) mass is 670 g/mol. The van der Waals surface area contributed by atoms with Crippen molar-refractivity contribution in [2.24, 2.45) is 5.73 Å². The number of nitrogens with one attached hydrogen (secondary N) is 1. The highest BCUT2D eigenvalue weighted by Crippen LogP contribution is 2.08. The van der Waals surface area contributed by atoms with Crippen molar-refractivity contribution in [2.75, 3.05) is 23.7 Å². The van der Waals surface area contributed by atoms with Crippen molar-refractivity contribution in [3.8, 4) is 0 Å². The Hall–Kier alpha value is -0.0100. The van der Waals surface area contributed by atoms with Crippen LogP contribution < -0.4 is 10.5 Å². The largest absolute Gasteiger partial charge is 0.330 e. The molecule has 0 atom stereocenters. The van der Waals surface area contributed by atoms with Gasteiger partial charge in [-0.2, -0.15) is 0 Å². The average Bonchev–Trinajstić information content (AvgIpc) is 2.67. The van der Waals surface area contributed by atoms with Gasteiger partial charge in [-0.1, -0.05) is 92.5 Å². The van der Waals surface area contributed by atoms with Gasteiger partial charge in [0.05, 0.1) is 11.5 Å². The van der Waals surface area contributed by atoms with Crippen molar-refractivity contribution in [1.82, 2.24) is 4.72 Å². The number of rotatable bonds is 8. The van der Waals surface area contributed by atoms with Crippen LogP contribution in [0.1, 0.15) is 11.1 Å². The van der Waals surface area contributed by atoms with E-state index in [2.05, 4.69) is 36.6 Å². The minimum atomic E-state index is -3.40. The molecular formula is C18H26Br3ClN2O4S2. The van der Waals surface area contributed by atoms with Gasteiger partial charge >= 0.3 is 0 Å². The maximum atomic E-state index is 11.4. The average molecular weight is 674 g/mol. The van der Waals surface area contributed by atoms with E-state index in [-0.39, 0.29) is 28.5 Å². The fourth-order valence-electron chi connectivity index (χ4n) is 1.81. The van der Waals surface area contributed by atoms with E-state index in [1.807, 2.05) is 24.3 Å². The van der Waals surface area contributed by atoms with E-state index >= 15 is 0 Å². The van der Waals surface area contributed by atoms with Crippen LogP contribution in [0.15, 0.2) is 60.7 Å². The summed E-state index contributed by atoms with van der Waals surface area (Å²) in [5, 5.41) is 1.54. The van der Waals surface area contributed by atoms with Crippen molar-refractivity contribution in [3.05, 3.63) is 71.8 Å². The van der Waals surface area contributed by atoms with Gasteiger partial charge in [0.25, 0.3) is 0 Å². The number of alkyl halides is 2. The van der Waals surface area contributed by atoms with Gasteiger partial charge in [-0.15, -0.1) is 17.0 Å². The van der Waals surface area contributed by atoms with Crippen molar-refractivity contribution in [3.63, 3.8) is 0 Å². The fourth-order valence-corrected chi connectivity index (χ4v) is 4.39. The smallest absolute Gasteiger partial charge is 0.236 e. The molecule has 0 spiro atoms. The highest BCUT2D eigenvalue weighted by molar-refractivity contribution is 9.09. The van der Waals surface area contributed by atoms with E-state index in [9.17, 15) is 16.8 Å². The van der Waals surface area contributed by atoms with Crippen molar-refractivity contribution in [1.29, 1.82) is 0 Å². The van der Waals surface area contributed by atoms with Crippen LogP contribution >= 0.6 is 59.5 Å². The number of hydrogen-bond acceptors (Lipinski definition) is 5. The molecule has 0 aliphatic rings. The first kappa shape index (κ1) is 32.2. The van der Waals surface area contributed by atoms with E-state index in [1.54, 1.807) is 36.4 Å². The highest BCUT2D eigenvalue weighted by atomic mass is 79.9. The van der Waals surface area contributed by atoms with E-state index in [1.165, 1.54) is 0 Å². The summed E-state index contributed by atoms with van der Waals surface area (Å²) in [7, 11) is -1.54. The van der Waals surface area contributed by atoms with Crippen LogP contribution in [0.25, 0.3) is 0 Å². The second-order valence-electron chi connectivity index (χ2n) is 5.47. The van der Waals surface area contributed by atoms with Gasteiger partial charge in [-0.05, 0) is 11.1 Å². The molecule has 3 N–H and O–H groups in total. The predicted octanol–water partition coefficient (Wildman–Crippen LogP) is 4.17. The molecule has 30 heavy (non-hydrogen) atoms. The minimum absolute atomic E-state index is 0. The van der Waals surface area contributed by atoms with E-state index in [0.29, 0.717) is 17.4 Å². The molecule has 2 aromatic carbocycles. The SMILES string of the molecule is Br.NCCBr.O=S(=O)(Cc1ccccc1)NCCBr.O=S(=O)(Cl)Cc1ccccc1. The quantitative estimate of drug-likeness (QED) is 0.324. The van der Waals surface area contributed by atoms with Crippen LogP contribution in [0.2, 0.25) is 0 Å². The zero-order valence-electron chi connectivity index (χ0n) is 16.1. The molecule has 172 valence electrons. The van der Waals surface area contributed by atoms with Crippen molar-refractivity contribution in [2.45, 2.75) is 11.5 Å². The van der Waals surface area contributed by atoms with Gasteiger partial charge in [0.1, 0.15) is 0 Å². The number of hydrogen-bond donors (Lipinski definition) is 2. The van der Waals surface area contributed by atoms with Crippen molar-refractivity contribution >= 4 is 78.6 Å². The lowest BCUT2D eigenvalue weighted by molar-refractivity contribution is 0.583. The molecule has 0 bridgehead atoms. The molecule has 0 saturated carbocycles. The van der Waals surface area contributed by atoms with Gasteiger partial charge in [0.15, 0.2) is 0 Å². The topological polar surface area (TPSA) is 106 Å². The normalized spacial score (nSPS) is 10.5. The molecule has 0 amide bonds. The van der Waals surface area contributed by atoms with Crippen LogP contribution in [0.4, 0.5) is 0 Å². The standard InChI is InChI=1S/C9H12BrNO2S.C7H7ClO2S.C2H6BrN.BrH/c10-6-7-11-14(12,13)8-9-4-2-1-3-5-9;8-11(9,10)6-7-4-2-1-3-5-7;3-1-2-4;/h1-5,11H,6-8H2;1-5H,6H2;1-2,4H2;1H. The van der Waals surface area contributed by atoms with E-state index in [4.69, 9.17) is 16.4 Å². The summed E-state index contributed by atoms with van der Waals surface area (Å²) >= 11 is 6.28. The maximum absolute atomic E-state index is 11.4. The zero-order valence-corrected chi connectivity index (χ0v) is 23.4. The van der Waals surface area contributed by atoms with Crippen LogP contribution in [-0.4, -0.2) is 40.6 Å². The number of benzene rings is 2. The third kappa shape index (κ3) is 19.9. The lowest BCUT2D eigenvalue weighted by atomic mass is 10.2. The summed E-state index contributed by atoms with van der Waals surface area (Å²) in [5.41, 5.74) is 6.49. The summed E-state index contributed by atoms with van der Waals surface area (Å²) in [4.78, 5) is 0. The van der Waals surface area contributed by atoms with Crippen LogP contribution in [0.3, 0.4) is 0 Å². The Kier molecular flexibility index (Phi) is 19.9. The summed E-state index contributed by atoms with van der Waals surface area (Å²) in [5.74, 6) is -0.0593. The minimum Gasteiger partial charge on any atom is -0.330 e. The first-order chi connectivity index (χ1) is 13.6. The fraction of sp³-hybridized carbons (Fsp3) is 0.333. The molecule has 0 fully saturated rings. The molecule has 0 unspecified atom stereocenters. The molecule has 0 aliphatic heterocycles. The Morgan fingerprint density at radius 3 is 1.53 bits per heavy atom. The lowest BCUT2D eigenvalue weighted by Gasteiger charge is -2.04. The molecule has 0 saturated heterocycles. The Balaban J connectivity index is 0. The third-order valence-corrected chi connectivity index (χ3v) is 6.12. The van der Waals surface area contributed by atoms with Crippen LogP contribution in [0.5, 0.6) is 0 Å². The van der Waals surface area contributed by atoms with Gasteiger partial charge < -0.3 is 5.73 Å². The highest BCUT2D eigenvalue weighted by Gasteiger charge is 2.09. The van der Waals surface area contributed by atoms with E-state index in [0.717, 1.165) is 17.4 Å². The molecule has 0 heterocycles. The van der Waals surface area contributed by atoms with Gasteiger partial charge in [0.2, 0.25) is 19.1 Å². The summed E-state index contributed by atoms with van der Waals surface area (Å²) < 4.78 is 46.5. The molecule has 2 aromatic rings. The Labute approximate surface area is 211 Å². The second kappa shape index (κ2) is 18.6. The summed E-state index contributed by atoms with van der Waals surface area (Å²) in [6.45, 7) is 1.16. The predicted molar refractivity (Wildman–Crippen MR) is 139 cm³/mol. The second-order valence-corrected chi connectivity index (χ2v) is 11.6. The van der Waals surface area contributed by atoms with Crippen LogP contribution in [-0.2, 0) is 30.6 Å². The van der Waals surface area contributed by atoms with Crippen LogP contribution in [0, 0.1) is 0 Å². The first-order valence-corrected chi connectivity index (χ1v) is 14.8. The van der Waals surface area contributed by atoms with Crippen molar-refractivity contribution < 1.29 is 16.8 Å². The summed E-state index contributed by atoms with van der Waals surface area (Å²) in [6.07, 6.45) is 0. The van der Waals surface area contributed by atoms with Gasteiger partial charge in [-0.25, -0.2) is 21.6 Å². The van der Waals surface area contributed by atoms with Gasteiger partial charge in [0, 0.05) is 34.4 Å². The molecule has 6 nitrogen and oxygen atoms in total. The molecule has 0 aliphatic carbocycles. The Morgan fingerprint density at radius 1 is 0.800 bits per heavy atom. The number of nitrogens with two attached hydrogens (primary N) is 1. The maximum Gasteiger partial charge on any atom is 0.236 e. The molecule has 0 radical (unpaired) electrons. The van der Waals surface area contributed by atoms with Gasteiger partial charge in [-0.3, -0.25) is 0 Å². The third-order valence-electron chi connectivity index (χ3n) is 2.91.